The molecular formula is C35H24ClFN4O3. The predicted octanol–water partition coefficient (Wildman–Crippen LogP) is 7.61. The zero-order chi connectivity index (χ0) is 30.8. The van der Waals surface area contributed by atoms with E-state index in [0.717, 1.165) is 0 Å². The van der Waals surface area contributed by atoms with Crippen LogP contribution in [0.2, 0.25) is 5.02 Å². The highest BCUT2D eigenvalue weighted by Crippen LogP contribution is 2.38. The Labute approximate surface area is 256 Å². The van der Waals surface area contributed by atoms with Gasteiger partial charge in [0.2, 0.25) is 0 Å². The first-order chi connectivity index (χ1) is 21.3. The molecule has 9 heteroatoms. The average molecular weight is 603 g/mol. The number of fused-ring (bicyclic) bond motifs is 1. The molecule has 0 saturated heterocycles. The van der Waals surface area contributed by atoms with Crippen molar-refractivity contribution >= 4 is 34.8 Å². The topological polar surface area (TPSA) is 93.1 Å². The predicted molar refractivity (Wildman–Crippen MR) is 170 cm³/mol. The van der Waals surface area contributed by atoms with Gasteiger partial charge < -0.3 is 10.6 Å². The maximum absolute atomic E-state index is 14.2. The van der Waals surface area contributed by atoms with Crippen LogP contribution in [0.25, 0.3) is 28.1 Å². The Bertz CT molecular complexity index is 2030. The van der Waals surface area contributed by atoms with Crippen LogP contribution < -0.4 is 16.1 Å². The molecule has 6 rings (SSSR count). The molecular weight excluding hydrogens is 579 g/mol. The summed E-state index contributed by atoms with van der Waals surface area (Å²) in [5.41, 5.74) is 2.26. The minimum Gasteiger partial charge on any atom is -0.322 e. The third-order valence-electron chi connectivity index (χ3n) is 7.14. The van der Waals surface area contributed by atoms with E-state index < -0.39 is 23.1 Å². The first-order valence-corrected chi connectivity index (χ1v) is 14.0. The molecule has 0 fully saturated rings. The van der Waals surface area contributed by atoms with Crippen LogP contribution in [0.1, 0.15) is 26.4 Å². The zero-order valence-corrected chi connectivity index (χ0v) is 24.1. The van der Waals surface area contributed by atoms with Crippen molar-refractivity contribution < 1.29 is 14.0 Å². The molecule has 0 saturated carbocycles. The molecule has 1 aliphatic heterocycles. The van der Waals surface area contributed by atoms with E-state index in [2.05, 4.69) is 10.6 Å². The van der Waals surface area contributed by atoms with Crippen molar-refractivity contribution in [1.29, 1.82) is 0 Å². The number of nitrogens with zero attached hydrogens (tertiary/aromatic N) is 2. The fourth-order valence-electron chi connectivity index (χ4n) is 5.07. The molecule has 7 nitrogen and oxygen atoms in total. The molecule has 1 heterocycles. The second kappa shape index (κ2) is 11.9. The summed E-state index contributed by atoms with van der Waals surface area (Å²) in [6, 6.07) is 31.3. The van der Waals surface area contributed by atoms with E-state index in [4.69, 9.17) is 16.7 Å². The van der Waals surface area contributed by atoms with Crippen molar-refractivity contribution in [1.82, 2.24) is 9.78 Å². The lowest BCUT2D eigenvalue weighted by Gasteiger charge is -2.23. The lowest BCUT2D eigenvalue weighted by molar-refractivity contribution is 0.102. The second-order valence-corrected chi connectivity index (χ2v) is 10.5. The van der Waals surface area contributed by atoms with Crippen LogP contribution in [0.15, 0.2) is 120 Å². The number of carbonyl (C=O) groups is 2. The van der Waals surface area contributed by atoms with E-state index in [1.165, 1.54) is 30.3 Å². The number of amides is 2. The Hall–Kier alpha value is -5.60. The normalized spacial score (nSPS) is 10.9. The van der Waals surface area contributed by atoms with E-state index in [0.29, 0.717) is 38.9 Å². The quantitative estimate of drug-likeness (QED) is 0.205. The van der Waals surface area contributed by atoms with Gasteiger partial charge in [0.1, 0.15) is 11.5 Å². The number of rotatable bonds is 6. The van der Waals surface area contributed by atoms with Crippen molar-refractivity contribution in [3.05, 3.63) is 153 Å². The fourth-order valence-corrected chi connectivity index (χ4v) is 5.20. The summed E-state index contributed by atoms with van der Waals surface area (Å²) >= 11 is 6.16. The molecule has 2 N–H and O–H groups in total. The number of anilines is 2. The van der Waals surface area contributed by atoms with Crippen LogP contribution in [-0.4, -0.2) is 21.6 Å². The number of aromatic nitrogens is 2. The van der Waals surface area contributed by atoms with Gasteiger partial charge in [-0.2, -0.15) is 5.10 Å². The lowest BCUT2D eigenvalue weighted by atomic mass is 9.88. The first kappa shape index (κ1) is 28.5. The Balaban J connectivity index is 1.68. The van der Waals surface area contributed by atoms with Gasteiger partial charge in [-0.1, -0.05) is 60.1 Å². The SMILES string of the molecule is Cc1c(C(=O)Nc2ccccc2)c2c(C(=O)Nc3ccccc3)c(=O)cc(-c3ccc(F)cc3)c-2nn1-c1ccc(Cl)cc1. The van der Waals surface area contributed by atoms with E-state index in [1.54, 1.807) is 90.5 Å². The molecule has 44 heavy (non-hydrogen) atoms. The zero-order valence-electron chi connectivity index (χ0n) is 23.3. The van der Waals surface area contributed by atoms with Gasteiger partial charge in [-0.3, -0.25) is 14.4 Å². The summed E-state index contributed by atoms with van der Waals surface area (Å²) in [6.07, 6.45) is 0. The van der Waals surface area contributed by atoms with Gasteiger partial charge in [-0.25, -0.2) is 9.07 Å². The standard InChI is InChI=1S/C35H24ClFN4O3/c1-21-30(34(43)38-25-8-4-2-5-9-25)32-31(35(44)39-26-10-6-3-7-11-26)29(42)20-28(22-12-16-24(37)17-13-22)33(32)40-41(21)27-18-14-23(36)15-19-27/h2-20H,1H3,(H,38,43)(H,39,44). The molecule has 2 aliphatic rings. The summed E-state index contributed by atoms with van der Waals surface area (Å²) in [6.45, 7) is 1.69. The summed E-state index contributed by atoms with van der Waals surface area (Å²) < 4.78 is 15.5. The highest BCUT2D eigenvalue weighted by molar-refractivity contribution is 6.30. The molecule has 4 aromatic rings. The molecule has 4 aromatic carbocycles. The monoisotopic (exact) mass is 602 g/mol. The fraction of sp³-hybridized carbons (Fsp3) is 0.0286. The molecule has 0 unspecified atom stereocenters. The summed E-state index contributed by atoms with van der Waals surface area (Å²) in [5, 5.41) is 11.1. The largest absolute Gasteiger partial charge is 0.322 e. The minimum atomic E-state index is -0.698. The molecule has 0 radical (unpaired) electrons. The molecule has 0 spiro atoms. The van der Waals surface area contributed by atoms with Gasteiger partial charge in [0.05, 0.1) is 22.5 Å². The molecule has 2 amide bonds. The van der Waals surface area contributed by atoms with Gasteiger partial charge >= 0.3 is 0 Å². The number of nitrogens with one attached hydrogen (secondary N) is 2. The molecule has 0 bridgehead atoms. The Morgan fingerprint density at radius 2 is 1.30 bits per heavy atom. The Morgan fingerprint density at radius 1 is 0.750 bits per heavy atom. The highest BCUT2D eigenvalue weighted by atomic mass is 35.5. The number of para-hydroxylation sites is 2. The number of hydrogen-bond donors (Lipinski definition) is 2. The summed E-state index contributed by atoms with van der Waals surface area (Å²) in [5.74, 6) is -1.70. The van der Waals surface area contributed by atoms with Crippen molar-refractivity contribution in [2.45, 2.75) is 6.92 Å². The lowest BCUT2D eigenvalue weighted by Crippen LogP contribution is -2.28. The third kappa shape index (κ3) is 5.58. The van der Waals surface area contributed by atoms with Gasteiger partial charge in [0.15, 0.2) is 5.43 Å². The highest BCUT2D eigenvalue weighted by Gasteiger charge is 2.32. The minimum absolute atomic E-state index is 0.0707. The second-order valence-electron chi connectivity index (χ2n) is 10.0. The Morgan fingerprint density at radius 3 is 1.86 bits per heavy atom. The average Bonchev–Trinajstić information content (AvgIpc) is 3.02. The van der Waals surface area contributed by atoms with E-state index in [9.17, 15) is 18.8 Å². The summed E-state index contributed by atoms with van der Waals surface area (Å²) in [7, 11) is 0. The van der Waals surface area contributed by atoms with Crippen LogP contribution in [-0.2, 0) is 0 Å². The van der Waals surface area contributed by atoms with E-state index >= 15 is 0 Å². The maximum Gasteiger partial charge on any atom is 0.260 e. The van der Waals surface area contributed by atoms with Gasteiger partial charge in [-0.05, 0) is 79.2 Å². The van der Waals surface area contributed by atoms with Gasteiger partial charge in [0, 0.05) is 27.5 Å². The van der Waals surface area contributed by atoms with Crippen LogP contribution in [0, 0.1) is 12.7 Å². The van der Waals surface area contributed by atoms with Crippen molar-refractivity contribution in [2.75, 3.05) is 10.6 Å². The third-order valence-corrected chi connectivity index (χ3v) is 7.39. The number of benzene rings is 5. The van der Waals surface area contributed by atoms with Crippen LogP contribution in [0.5, 0.6) is 0 Å². The van der Waals surface area contributed by atoms with E-state index in [-0.39, 0.29) is 22.4 Å². The van der Waals surface area contributed by atoms with Crippen LogP contribution in [0.3, 0.4) is 0 Å². The van der Waals surface area contributed by atoms with E-state index in [1.807, 2.05) is 6.07 Å². The number of halogens is 2. The van der Waals surface area contributed by atoms with Crippen molar-refractivity contribution in [3.63, 3.8) is 0 Å². The van der Waals surface area contributed by atoms with Crippen molar-refractivity contribution in [3.8, 4) is 28.1 Å². The smallest absolute Gasteiger partial charge is 0.260 e. The molecule has 216 valence electrons. The maximum atomic E-state index is 14.2. The number of hydrogen-bond acceptors (Lipinski definition) is 4. The molecule has 0 aromatic heterocycles. The van der Waals surface area contributed by atoms with Crippen LogP contribution >= 0.6 is 11.6 Å². The van der Waals surface area contributed by atoms with Crippen molar-refractivity contribution in [2.24, 2.45) is 0 Å². The summed E-state index contributed by atoms with van der Waals surface area (Å²) in [4.78, 5) is 41.9. The van der Waals surface area contributed by atoms with Gasteiger partial charge in [0.25, 0.3) is 11.8 Å². The van der Waals surface area contributed by atoms with Gasteiger partial charge in [-0.15, -0.1) is 0 Å². The number of carbonyl (C=O) groups excluding carboxylic acids is 2. The first-order valence-electron chi connectivity index (χ1n) is 13.7. The Kier molecular flexibility index (Phi) is 7.74. The molecule has 1 aliphatic carbocycles. The van der Waals surface area contributed by atoms with Crippen LogP contribution in [0.4, 0.5) is 15.8 Å². The molecule has 0 atom stereocenters.